The second-order valence-electron chi connectivity index (χ2n) is 4.35. The number of aromatic nitrogens is 1. The number of benzene rings is 1. The summed E-state index contributed by atoms with van der Waals surface area (Å²) in [5.41, 5.74) is 1.35. The van der Waals surface area contributed by atoms with Gasteiger partial charge in [0.25, 0.3) is 0 Å². The van der Waals surface area contributed by atoms with Crippen LogP contribution in [-0.4, -0.2) is 20.4 Å². The van der Waals surface area contributed by atoms with Crippen molar-refractivity contribution in [2.45, 2.75) is 18.0 Å². The van der Waals surface area contributed by atoms with Crippen LogP contribution >= 0.6 is 0 Å². The van der Waals surface area contributed by atoms with Crippen molar-refractivity contribution in [3.63, 3.8) is 0 Å². The third-order valence-corrected chi connectivity index (χ3v) is 4.13. The number of nitrogens with one attached hydrogen (secondary N) is 3. The molecule has 0 spiro atoms. The number of hydrogen-bond donors (Lipinski definition) is 3. The lowest BCUT2D eigenvalue weighted by Crippen LogP contribution is -2.22. The van der Waals surface area contributed by atoms with E-state index in [1.807, 2.05) is 0 Å². The largest absolute Gasteiger partial charge is 0.363 e. The Morgan fingerprint density at radius 3 is 2.75 bits per heavy atom. The molecule has 1 heterocycles. The molecule has 0 aliphatic rings. The first kappa shape index (κ1) is 14.7. The van der Waals surface area contributed by atoms with Crippen LogP contribution in [0.25, 0.3) is 0 Å². The van der Waals surface area contributed by atoms with E-state index in [2.05, 4.69) is 15.0 Å². The molecule has 7 heteroatoms. The molecule has 0 fully saturated rings. The van der Waals surface area contributed by atoms with E-state index in [0.29, 0.717) is 12.1 Å². The van der Waals surface area contributed by atoms with E-state index < -0.39 is 10.0 Å². The summed E-state index contributed by atoms with van der Waals surface area (Å²) in [7, 11) is -1.83. The number of H-pyrrole nitrogens is 1. The molecule has 108 valence electrons. The van der Waals surface area contributed by atoms with Gasteiger partial charge in [0.05, 0.1) is 4.90 Å². The lowest BCUT2D eigenvalue weighted by atomic mass is 10.2. The number of sulfonamides is 1. The van der Waals surface area contributed by atoms with Gasteiger partial charge in [-0.25, -0.2) is 17.5 Å². The van der Waals surface area contributed by atoms with Crippen LogP contribution in [0.4, 0.5) is 4.39 Å². The molecule has 5 nitrogen and oxygen atoms in total. The van der Waals surface area contributed by atoms with Crippen LogP contribution in [0.15, 0.2) is 41.4 Å². The minimum Gasteiger partial charge on any atom is -0.363 e. The summed E-state index contributed by atoms with van der Waals surface area (Å²) in [6.45, 7) is 0.603. The monoisotopic (exact) mass is 297 g/mol. The predicted octanol–water partition coefficient (Wildman–Crippen LogP) is 1.35. The molecule has 2 rings (SSSR count). The maximum atomic E-state index is 13.0. The van der Waals surface area contributed by atoms with Crippen molar-refractivity contribution < 1.29 is 12.8 Å². The molecular weight excluding hydrogens is 281 g/mol. The second kappa shape index (κ2) is 6.17. The van der Waals surface area contributed by atoms with Crippen molar-refractivity contribution in [2.75, 3.05) is 7.05 Å². The predicted molar refractivity (Wildman–Crippen MR) is 74.0 cm³/mol. The van der Waals surface area contributed by atoms with Crippen molar-refractivity contribution in [3.05, 3.63) is 53.6 Å². The summed E-state index contributed by atoms with van der Waals surface area (Å²) >= 11 is 0. The smallest absolute Gasteiger partial charge is 0.242 e. The summed E-state index contributed by atoms with van der Waals surface area (Å²) in [5.74, 6) is -0.389. The minimum atomic E-state index is -3.60. The minimum absolute atomic E-state index is 0.0482. The Morgan fingerprint density at radius 2 is 2.05 bits per heavy atom. The summed E-state index contributed by atoms with van der Waals surface area (Å²) in [5, 5.41) is 2.92. The van der Waals surface area contributed by atoms with Crippen molar-refractivity contribution in [2.24, 2.45) is 0 Å². The molecular formula is C13H16FN3O2S. The van der Waals surface area contributed by atoms with Crippen LogP contribution in [0.3, 0.4) is 0 Å². The lowest BCUT2D eigenvalue weighted by molar-refractivity contribution is 0.580. The van der Waals surface area contributed by atoms with E-state index in [1.54, 1.807) is 25.2 Å². The van der Waals surface area contributed by atoms with E-state index in [1.165, 1.54) is 18.3 Å². The van der Waals surface area contributed by atoms with Crippen LogP contribution in [0.5, 0.6) is 0 Å². The molecule has 0 aliphatic heterocycles. The molecule has 0 bridgehead atoms. The van der Waals surface area contributed by atoms with Crippen molar-refractivity contribution >= 4 is 10.0 Å². The van der Waals surface area contributed by atoms with Crippen molar-refractivity contribution in [3.8, 4) is 0 Å². The van der Waals surface area contributed by atoms with Gasteiger partial charge in [-0.3, -0.25) is 0 Å². The number of rotatable bonds is 6. The zero-order valence-electron chi connectivity index (χ0n) is 11.0. The van der Waals surface area contributed by atoms with Gasteiger partial charge in [-0.15, -0.1) is 0 Å². The Hall–Kier alpha value is -1.70. The SMILES string of the molecule is CNCc1cc(S(=O)(=O)NCc2cccc(F)c2)c[nH]1. The fourth-order valence-electron chi connectivity index (χ4n) is 1.78. The van der Waals surface area contributed by atoms with E-state index in [-0.39, 0.29) is 17.3 Å². The van der Waals surface area contributed by atoms with Crippen LogP contribution in [0.2, 0.25) is 0 Å². The maximum Gasteiger partial charge on any atom is 0.242 e. The molecule has 0 atom stereocenters. The highest BCUT2D eigenvalue weighted by Gasteiger charge is 2.15. The van der Waals surface area contributed by atoms with Gasteiger partial charge in [0.1, 0.15) is 5.82 Å². The van der Waals surface area contributed by atoms with Gasteiger partial charge in [0.2, 0.25) is 10.0 Å². The van der Waals surface area contributed by atoms with E-state index in [9.17, 15) is 12.8 Å². The zero-order chi connectivity index (χ0) is 14.6. The highest BCUT2D eigenvalue weighted by molar-refractivity contribution is 7.89. The molecule has 1 aromatic carbocycles. The first-order valence-electron chi connectivity index (χ1n) is 6.07. The highest BCUT2D eigenvalue weighted by atomic mass is 32.2. The standard InChI is InChI=1S/C13H16FN3O2S/c1-15-8-12-6-13(9-16-12)20(18,19)17-7-10-3-2-4-11(14)5-10/h2-6,9,15-17H,7-8H2,1H3. The molecule has 0 saturated heterocycles. The van der Waals surface area contributed by atoms with Crippen molar-refractivity contribution in [1.82, 2.24) is 15.0 Å². The normalized spacial score (nSPS) is 11.7. The highest BCUT2D eigenvalue weighted by Crippen LogP contribution is 2.11. The Kier molecular flexibility index (Phi) is 4.53. The Bertz CT molecular complexity index is 682. The molecule has 1 aromatic heterocycles. The zero-order valence-corrected chi connectivity index (χ0v) is 11.8. The molecule has 3 N–H and O–H groups in total. The maximum absolute atomic E-state index is 13.0. The Morgan fingerprint density at radius 1 is 1.25 bits per heavy atom. The van der Waals surface area contributed by atoms with Crippen molar-refractivity contribution in [1.29, 1.82) is 0 Å². The fourth-order valence-corrected chi connectivity index (χ4v) is 2.81. The third-order valence-electron chi connectivity index (χ3n) is 2.75. The number of halogens is 1. The average Bonchev–Trinajstić information content (AvgIpc) is 2.87. The summed E-state index contributed by atoms with van der Waals surface area (Å²) < 4.78 is 39.6. The molecule has 0 unspecified atom stereocenters. The first-order chi connectivity index (χ1) is 9.51. The number of hydrogen-bond acceptors (Lipinski definition) is 3. The molecule has 0 aliphatic carbocycles. The van der Waals surface area contributed by atoms with Gasteiger partial charge in [-0.05, 0) is 30.8 Å². The Balaban J connectivity index is 2.06. The van der Waals surface area contributed by atoms with Crippen LogP contribution < -0.4 is 10.0 Å². The Labute approximate surface area is 117 Å². The van der Waals surface area contributed by atoms with E-state index in [4.69, 9.17) is 0 Å². The van der Waals surface area contributed by atoms with Gasteiger partial charge in [-0.1, -0.05) is 12.1 Å². The third kappa shape index (κ3) is 3.66. The van der Waals surface area contributed by atoms with E-state index in [0.717, 1.165) is 5.69 Å². The average molecular weight is 297 g/mol. The summed E-state index contributed by atoms with van der Waals surface area (Å²) in [6, 6.07) is 7.38. The lowest BCUT2D eigenvalue weighted by Gasteiger charge is -2.05. The molecule has 0 amide bonds. The van der Waals surface area contributed by atoms with Crippen LogP contribution in [0.1, 0.15) is 11.3 Å². The molecule has 20 heavy (non-hydrogen) atoms. The molecule has 2 aromatic rings. The second-order valence-corrected chi connectivity index (χ2v) is 6.11. The van der Waals surface area contributed by atoms with Gasteiger partial charge in [-0.2, -0.15) is 0 Å². The van der Waals surface area contributed by atoms with Gasteiger partial charge >= 0.3 is 0 Å². The van der Waals surface area contributed by atoms with Gasteiger partial charge in [0, 0.05) is 25.0 Å². The molecule has 0 radical (unpaired) electrons. The van der Waals surface area contributed by atoms with Crippen LogP contribution in [0, 0.1) is 5.82 Å². The van der Waals surface area contributed by atoms with Crippen LogP contribution in [-0.2, 0) is 23.1 Å². The van der Waals surface area contributed by atoms with Gasteiger partial charge in [0.15, 0.2) is 0 Å². The van der Waals surface area contributed by atoms with E-state index >= 15 is 0 Å². The molecule has 0 saturated carbocycles. The fraction of sp³-hybridized carbons (Fsp3) is 0.231. The summed E-state index contributed by atoms with van der Waals surface area (Å²) in [4.78, 5) is 3.04. The topological polar surface area (TPSA) is 74.0 Å². The first-order valence-corrected chi connectivity index (χ1v) is 7.55. The summed E-state index contributed by atoms with van der Waals surface area (Å²) in [6.07, 6.45) is 1.43. The van der Waals surface area contributed by atoms with Gasteiger partial charge < -0.3 is 10.3 Å². The number of aromatic amines is 1. The quantitative estimate of drug-likeness (QED) is 0.753.